The first-order valence-electron chi connectivity index (χ1n) is 10.6. The molecule has 1 aromatic heterocycles. The van der Waals surface area contributed by atoms with E-state index in [-0.39, 0.29) is 11.6 Å². The number of nitrogens with zero attached hydrogens (tertiary/aromatic N) is 3. The predicted octanol–water partition coefficient (Wildman–Crippen LogP) is 3.55. The minimum Gasteiger partial charge on any atom is -0.343 e. The number of rotatable bonds is 5. The van der Waals surface area contributed by atoms with Crippen LogP contribution < -0.4 is 5.69 Å². The molecule has 1 N–H and O–H groups in total. The minimum absolute atomic E-state index is 0.194. The third kappa shape index (κ3) is 4.05. The van der Waals surface area contributed by atoms with E-state index in [0.717, 1.165) is 55.3 Å². The molecule has 1 aliphatic heterocycles. The SMILES string of the molecule is Cc1ccc(-n2c(C3CCN(C(=O)CCC4CCCC4)CC3)n[nH]c2=O)cc1. The summed E-state index contributed by atoms with van der Waals surface area (Å²) in [5, 5.41) is 6.93. The molecule has 1 aromatic carbocycles. The Morgan fingerprint density at radius 2 is 1.79 bits per heavy atom. The van der Waals surface area contributed by atoms with Crippen LogP contribution in [0.15, 0.2) is 29.1 Å². The van der Waals surface area contributed by atoms with E-state index in [2.05, 4.69) is 10.2 Å². The molecular formula is C22H30N4O2. The molecule has 0 radical (unpaired) electrons. The highest BCUT2D eigenvalue weighted by atomic mass is 16.2. The molecule has 0 unspecified atom stereocenters. The van der Waals surface area contributed by atoms with E-state index in [1.165, 1.54) is 25.7 Å². The summed E-state index contributed by atoms with van der Waals surface area (Å²) in [4.78, 5) is 26.9. The number of likely N-dealkylation sites (tertiary alicyclic amines) is 1. The zero-order valence-corrected chi connectivity index (χ0v) is 16.7. The van der Waals surface area contributed by atoms with Crippen LogP contribution in [0, 0.1) is 12.8 Å². The van der Waals surface area contributed by atoms with Gasteiger partial charge in [-0.05, 0) is 44.2 Å². The minimum atomic E-state index is -0.200. The van der Waals surface area contributed by atoms with Crippen LogP contribution in [0.1, 0.15) is 68.7 Å². The van der Waals surface area contributed by atoms with Crippen molar-refractivity contribution in [2.24, 2.45) is 5.92 Å². The van der Waals surface area contributed by atoms with Crippen LogP contribution in [0.5, 0.6) is 0 Å². The first-order valence-corrected chi connectivity index (χ1v) is 10.6. The summed E-state index contributed by atoms with van der Waals surface area (Å²) < 4.78 is 1.68. The summed E-state index contributed by atoms with van der Waals surface area (Å²) in [7, 11) is 0. The number of aryl methyl sites for hydroxylation is 1. The maximum absolute atomic E-state index is 12.6. The molecule has 1 amide bonds. The molecule has 2 aromatic rings. The van der Waals surface area contributed by atoms with E-state index in [1.807, 2.05) is 36.1 Å². The average Bonchev–Trinajstić information content (AvgIpc) is 3.37. The largest absolute Gasteiger partial charge is 0.347 e. The second-order valence-electron chi connectivity index (χ2n) is 8.40. The number of carbonyl (C=O) groups excluding carboxylic acids is 1. The van der Waals surface area contributed by atoms with Crippen molar-refractivity contribution in [3.05, 3.63) is 46.1 Å². The van der Waals surface area contributed by atoms with Crippen LogP contribution in [-0.2, 0) is 4.79 Å². The first kappa shape index (κ1) is 19.0. The highest BCUT2D eigenvalue weighted by Gasteiger charge is 2.28. The third-order valence-corrected chi connectivity index (χ3v) is 6.44. The van der Waals surface area contributed by atoms with Gasteiger partial charge in [0.25, 0.3) is 0 Å². The van der Waals surface area contributed by atoms with Gasteiger partial charge in [-0.1, -0.05) is 43.4 Å². The lowest BCUT2D eigenvalue weighted by molar-refractivity contribution is -0.132. The molecule has 4 rings (SSSR count). The van der Waals surface area contributed by atoms with E-state index >= 15 is 0 Å². The van der Waals surface area contributed by atoms with Crippen LogP contribution >= 0.6 is 0 Å². The molecule has 2 fully saturated rings. The van der Waals surface area contributed by atoms with Crippen molar-refractivity contribution < 1.29 is 4.79 Å². The molecule has 2 heterocycles. The molecule has 6 heteroatoms. The van der Waals surface area contributed by atoms with Crippen molar-refractivity contribution in [1.29, 1.82) is 0 Å². The van der Waals surface area contributed by atoms with Gasteiger partial charge in [0.2, 0.25) is 5.91 Å². The molecule has 2 aliphatic rings. The van der Waals surface area contributed by atoms with Gasteiger partial charge in [0.15, 0.2) is 0 Å². The Bertz CT molecular complexity index is 853. The second-order valence-corrected chi connectivity index (χ2v) is 8.40. The summed E-state index contributed by atoms with van der Waals surface area (Å²) in [6.45, 7) is 3.54. The van der Waals surface area contributed by atoms with Crippen LogP contribution in [0.2, 0.25) is 0 Å². The topological polar surface area (TPSA) is 71.0 Å². The highest BCUT2D eigenvalue weighted by molar-refractivity contribution is 5.76. The van der Waals surface area contributed by atoms with Gasteiger partial charge in [0.1, 0.15) is 5.82 Å². The summed E-state index contributed by atoms with van der Waals surface area (Å²) in [6.07, 6.45) is 8.69. The molecule has 1 saturated carbocycles. The Labute approximate surface area is 165 Å². The van der Waals surface area contributed by atoms with Crippen molar-refractivity contribution >= 4 is 5.91 Å². The number of aromatic nitrogens is 3. The summed E-state index contributed by atoms with van der Waals surface area (Å²) in [6, 6.07) is 7.92. The molecule has 0 atom stereocenters. The van der Waals surface area contributed by atoms with Gasteiger partial charge in [-0.3, -0.25) is 4.79 Å². The Kier molecular flexibility index (Phi) is 5.64. The maximum atomic E-state index is 12.6. The van der Waals surface area contributed by atoms with Crippen molar-refractivity contribution in [2.75, 3.05) is 13.1 Å². The van der Waals surface area contributed by atoms with Crippen molar-refractivity contribution in [3.63, 3.8) is 0 Å². The Morgan fingerprint density at radius 3 is 2.46 bits per heavy atom. The van der Waals surface area contributed by atoms with Gasteiger partial charge in [-0.2, -0.15) is 5.10 Å². The fraction of sp³-hybridized carbons (Fsp3) is 0.591. The maximum Gasteiger partial charge on any atom is 0.347 e. The molecule has 1 aliphatic carbocycles. The third-order valence-electron chi connectivity index (χ3n) is 6.44. The number of nitrogens with one attached hydrogen (secondary N) is 1. The number of piperidine rings is 1. The number of benzene rings is 1. The van der Waals surface area contributed by atoms with E-state index in [1.54, 1.807) is 4.57 Å². The van der Waals surface area contributed by atoms with Gasteiger partial charge >= 0.3 is 5.69 Å². The van der Waals surface area contributed by atoms with Crippen molar-refractivity contribution in [2.45, 2.75) is 64.2 Å². The van der Waals surface area contributed by atoms with Gasteiger partial charge < -0.3 is 4.90 Å². The van der Waals surface area contributed by atoms with Crippen LogP contribution in [0.3, 0.4) is 0 Å². The monoisotopic (exact) mass is 382 g/mol. The van der Waals surface area contributed by atoms with Crippen molar-refractivity contribution in [1.82, 2.24) is 19.7 Å². The number of aromatic amines is 1. The second kappa shape index (κ2) is 8.33. The average molecular weight is 383 g/mol. The summed E-state index contributed by atoms with van der Waals surface area (Å²) >= 11 is 0. The number of hydrogen-bond donors (Lipinski definition) is 1. The molecule has 0 spiro atoms. The van der Waals surface area contributed by atoms with Crippen LogP contribution in [0.25, 0.3) is 5.69 Å². The summed E-state index contributed by atoms with van der Waals surface area (Å²) in [5.41, 5.74) is 1.80. The zero-order chi connectivity index (χ0) is 19.5. The van der Waals surface area contributed by atoms with Gasteiger partial charge in [-0.25, -0.2) is 14.5 Å². The van der Waals surface area contributed by atoms with Crippen LogP contribution in [0.4, 0.5) is 0 Å². The lowest BCUT2D eigenvalue weighted by Crippen LogP contribution is -2.38. The molecular weight excluding hydrogens is 352 g/mol. The standard InChI is InChI=1S/C22H30N4O2/c1-16-6-9-19(10-7-16)26-21(23-24-22(26)28)18-12-14-25(15-13-18)20(27)11-8-17-4-2-3-5-17/h6-7,9-10,17-18H,2-5,8,11-15H2,1H3,(H,24,28). The summed E-state index contributed by atoms with van der Waals surface area (Å²) in [5.74, 6) is 2.03. The first-order chi connectivity index (χ1) is 13.6. The lowest BCUT2D eigenvalue weighted by atomic mass is 9.95. The van der Waals surface area contributed by atoms with E-state index < -0.39 is 0 Å². The van der Waals surface area contributed by atoms with E-state index in [4.69, 9.17) is 0 Å². The normalized spacial score (nSPS) is 18.7. The molecule has 1 saturated heterocycles. The van der Waals surface area contributed by atoms with Gasteiger partial charge in [0, 0.05) is 25.4 Å². The van der Waals surface area contributed by atoms with Gasteiger partial charge in [-0.15, -0.1) is 0 Å². The fourth-order valence-corrected chi connectivity index (χ4v) is 4.70. The smallest absolute Gasteiger partial charge is 0.343 e. The number of amides is 1. The van der Waals surface area contributed by atoms with Crippen LogP contribution in [-0.4, -0.2) is 38.7 Å². The predicted molar refractivity (Wildman–Crippen MR) is 109 cm³/mol. The molecule has 0 bridgehead atoms. The molecule has 28 heavy (non-hydrogen) atoms. The zero-order valence-electron chi connectivity index (χ0n) is 16.7. The quantitative estimate of drug-likeness (QED) is 0.860. The fourth-order valence-electron chi connectivity index (χ4n) is 4.70. The number of H-pyrrole nitrogens is 1. The molecule has 150 valence electrons. The van der Waals surface area contributed by atoms with E-state index in [9.17, 15) is 9.59 Å². The Balaban J connectivity index is 1.38. The Morgan fingerprint density at radius 1 is 1.11 bits per heavy atom. The Hall–Kier alpha value is -2.37. The van der Waals surface area contributed by atoms with Gasteiger partial charge in [0.05, 0.1) is 5.69 Å². The highest BCUT2D eigenvalue weighted by Crippen LogP contribution is 2.30. The van der Waals surface area contributed by atoms with E-state index in [0.29, 0.717) is 12.3 Å². The van der Waals surface area contributed by atoms with Crippen molar-refractivity contribution in [3.8, 4) is 5.69 Å². The molecule has 6 nitrogen and oxygen atoms in total. The number of carbonyl (C=O) groups is 1. The lowest BCUT2D eigenvalue weighted by Gasteiger charge is -2.32. The number of hydrogen-bond acceptors (Lipinski definition) is 3.